The molecule has 0 saturated heterocycles. The Hall–Kier alpha value is -2.24. The number of anilines is 2. The van der Waals surface area contributed by atoms with Crippen LogP contribution in [0.5, 0.6) is 0 Å². The van der Waals surface area contributed by atoms with Gasteiger partial charge in [0.05, 0.1) is 0 Å². The van der Waals surface area contributed by atoms with Crippen LogP contribution in [0, 0.1) is 5.92 Å². The summed E-state index contributed by atoms with van der Waals surface area (Å²) < 4.78 is 0. The Morgan fingerprint density at radius 2 is 2.04 bits per heavy atom. The van der Waals surface area contributed by atoms with Crippen LogP contribution in [-0.4, -0.2) is 31.1 Å². The molecular formula is C17H26N4O2. The zero-order valence-electron chi connectivity index (χ0n) is 14.1. The van der Waals surface area contributed by atoms with Gasteiger partial charge in [-0.25, -0.2) is 4.79 Å². The topological polar surface area (TPSA) is 87.5 Å². The van der Waals surface area contributed by atoms with Crippen molar-refractivity contribution < 1.29 is 9.59 Å². The fraction of sp³-hybridized carbons (Fsp3) is 0.529. The number of nitrogens with zero attached hydrogens (tertiary/aromatic N) is 1. The van der Waals surface area contributed by atoms with E-state index in [1.165, 1.54) is 0 Å². The number of imide groups is 1. The zero-order chi connectivity index (χ0) is 17.0. The highest BCUT2D eigenvalue weighted by molar-refractivity contribution is 5.98. The van der Waals surface area contributed by atoms with Crippen molar-refractivity contribution in [2.45, 2.75) is 39.7 Å². The van der Waals surface area contributed by atoms with Gasteiger partial charge in [-0.15, -0.1) is 0 Å². The van der Waals surface area contributed by atoms with Gasteiger partial charge in [0, 0.05) is 24.5 Å². The van der Waals surface area contributed by atoms with Crippen LogP contribution in [0.15, 0.2) is 18.2 Å². The van der Waals surface area contributed by atoms with Crippen molar-refractivity contribution >= 4 is 23.3 Å². The maximum absolute atomic E-state index is 12.3. The summed E-state index contributed by atoms with van der Waals surface area (Å²) in [5.41, 5.74) is 8.87. The molecule has 0 aliphatic carbocycles. The summed E-state index contributed by atoms with van der Waals surface area (Å²) >= 11 is 0. The van der Waals surface area contributed by atoms with Crippen LogP contribution in [0.4, 0.5) is 16.2 Å². The standard InChI is InChI=1S/C17H26N4O2/c1-11(2)10-19-17(23)20-16(22)12(3)21-9-5-6-13-14(18)7-4-8-15(13)21/h4,7-8,11-12H,5-6,9-10,18H2,1-3H3,(H2,19,20,22,23). The molecule has 0 radical (unpaired) electrons. The van der Waals surface area contributed by atoms with Gasteiger partial charge in [0.15, 0.2) is 0 Å². The molecular weight excluding hydrogens is 292 g/mol. The number of benzene rings is 1. The van der Waals surface area contributed by atoms with E-state index in [0.717, 1.165) is 36.3 Å². The molecule has 1 aliphatic rings. The second-order valence-electron chi connectivity index (χ2n) is 6.41. The summed E-state index contributed by atoms with van der Waals surface area (Å²) in [7, 11) is 0. The van der Waals surface area contributed by atoms with Gasteiger partial charge in [-0.05, 0) is 43.4 Å². The number of carbonyl (C=O) groups excluding carboxylic acids is 2. The molecule has 6 nitrogen and oxygen atoms in total. The van der Waals surface area contributed by atoms with Gasteiger partial charge in [-0.1, -0.05) is 19.9 Å². The molecule has 1 aromatic carbocycles. The van der Waals surface area contributed by atoms with Gasteiger partial charge in [0.2, 0.25) is 5.91 Å². The third kappa shape index (κ3) is 4.15. The molecule has 1 aliphatic heterocycles. The number of nitrogens with one attached hydrogen (secondary N) is 2. The molecule has 6 heteroatoms. The van der Waals surface area contributed by atoms with Crippen molar-refractivity contribution in [3.8, 4) is 0 Å². The lowest BCUT2D eigenvalue weighted by molar-refractivity contribution is -0.121. The molecule has 3 amide bonds. The minimum atomic E-state index is -0.444. The molecule has 2 rings (SSSR count). The molecule has 1 heterocycles. The van der Waals surface area contributed by atoms with Crippen LogP contribution >= 0.6 is 0 Å². The monoisotopic (exact) mass is 318 g/mol. The summed E-state index contributed by atoms with van der Waals surface area (Å²) in [6.07, 6.45) is 1.86. The SMILES string of the molecule is CC(C)CNC(=O)NC(=O)C(C)N1CCCc2c(N)cccc21. The third-order valence-corrected chi connectivity index (χ3v) is 4.08. The van der Waals surface area contributed by atoms with E-state index in [9.17, 15) is 9.59 Å². The van der Waals surface area contributed by atoms with E-state index >= 15 is 0 Å². The second-order valence-corrected chi connectivity index (χ2v) is 6.41. The van der Waals surface area contributed by atoms with Gasteiger partial charge in [0.1, 0.15) is 6.04 Å². The second kappa shape index (κ2) is 7.35. The summed E-state index contributed by atoms with van der Waals surface area (Å²) in [5.74, 6) is 0.0340. The Kier molecular flexibility index (Phi) is 5.47. The normalized spacial score (nSPS) is 15.0. The number of hydrogen-bond acceptors (Lipinski definition) is 4. The van der Waals surface area contributed by atoms with Gasteiger partial charge in [-0.3, -0.25) is 10.1 Å². The molecule has 1 atom stereocenters. The maximum atomic E-state index is 12.3. The van der Waals surface area contributed by atoms with Crippen molar-refractivity contribution in [3.05, 3.63) is 23.8 Å². The van der Waals surface area contributed by atoms with Crippen LogP contribution in [0.2, 0.25) is 0 Å². The first-order chi connectivity index (χ1) is 10.9. The Balaban J connectivity index is 2.04. The highest BCUT2D eigenvalue weighted by atomic mass is 16.2. The minimum Gasteiger partial charge on any atom is -0.398 e. The first kappa shape index (κ1) is 17.1. The molecule has 23 heavy (non-hydrogen) atoms. The summed E-state index contributed by atoms with van der Waals surface area (Å²) in [6, 6.07) is 4.88. The molecule has 4 N–H and O–H groups in total. The van der Waals surface area contributed by atoms with Crippen LogP contribution in [0.25, 0.3) is 0 Å². The van der Waals surface area contributed by atoms with Gasteiger partial charge in [-0.2, -0.15) is 0 Å². The fourth-order valence-corrected chi connectivity index (χ4v) is 2.78. The number of nitrogen functional groups attached to an aromatic ring is 1. The van der Waals surface area contributed by atoms with E-state index < -0.39 is 12.1 Å². The van der Waals surface area contributed by atoms with E-state index in [1.807, 2.05) is 43.9 Å². The third-order valence-electron chi connectivity index (χ3n) is 4.08. The van der Waals surface area contributed by atoms with Crippen molar-refractivity contribution in [1.29, 1.82) is 0 Å². The largest absolute Gasteiger partial charge is 0.398 e. The highest BCUT2D eigenvalue weighted by Crippen LogP contribution is 2.32. The Bertz CT molecular complexity index is 586. The average molecular weight is 318 g/mol. The summed E-state index contributed by atoms with van der Waals surface area (Å²) in [4.78, 5) is 26.1. The first-order valence-corrected chi connectivity index (χ1v) is 8.13. The van der Waals surface area contributed by atoms with Gasteiger partial charge in [0.25, 0.3) is 0 Å². The van der Waals surface area contributed by atoms with Gasteiger partial charge >= 0.3 is 6.03 Å². The predicted molar refractivity (Wildman–Crippen MR) is 92.4 cm³/mol. The number of fused-ring (bicyclic) bond motifs is 1. The van der Waals surface area contributed by atoms with E-state index in [4.69, 9.17) is 5.73 Å². The maximum Gasteiger partial charge on any atom is 0.321 e. The summed E-state index contributed by atoms with van der Waals surface area (Å²) in [6.45, 7) is 7.12. The lowest BCUT2D eigenvalue weighted by Crippen LogP contribution is -2.51. The van der Waals surface area contributed by atoms with Gasteiger partial charge < -0.3 is 16.0 Å². The van der Waals surface area contributed by atoms with Crippen LogP contribution in [0.1, 0.15) is 32.8 Å². The molecule has 1 aromatic rings. The number of nitrogens with two attached hydrogens (primary N) is 1. The van der Waals surface area contributed by atoms with E-state index in [2.05, 4.69) is 10.6 Å². The number of urea groups is 1. The highest BCUT2D eigenvalue weighted by Gasteiger charge is 2.27. The molecule has 0 bridgehead atoms. The molecule has 0 spiro atoms. The van der Waals surface area contributed by atoms with Crippen LogP contribution in [-0.2, 0) is 11.2 Å². The Labute approximate surface area is 137 Å². The minimum absolute atomic E-state index is 0.304. The zero-order valence-corrected chi connectivity index (χ0v) is 14.1. The Morgan fingerprint density at radius 1 is 1.30 bits per heavy atom. The van der Waals surface area contributed by atoms with Crippen LogP contribution < -0.4 is 21.3 Å². The smallest absolute Gasteiger partial charge is 0.321 e. The molecule has 0 aromatic heterocycles. The van der Waals surface area contributed by atoms with Crippen molar-refractivity contribution in [2.24, 2.45) is 5.92 Å². The number of amides is 3. The van der Waals surface area contributed by atoms with E-state index in [1.54, 1.807) is 0 Å². The quantitative estimate of drug-likeness (QED) is 0.740. The average Bonchev–Trinajstić information content (AvgIpc) is 2.52. The first-order valence-electron chi connectivity index (χ1n) is 8.13. The molecule has 1 unspecified atom stereocenters. The molecule has 126 valence electrons. The molecule has 0 fully saturated rings. The summed E-state index contributed by atoms with van der Waals surface area (Å²) in [5, 5.41) is 5.11. The fourth-order valence-electron chi connectivity index (χ4n) is 2.78. The van der Waals surface area contributed by atoms with Crippen molar-refractivity contribution in [2.75, 3.05) is 23.7 Å². The molecule has 0 saturated carbocycles. The van der Waals surface area contributed by atoms with Crippen LogP contribution in [0.3, 0.4) is 0 Å². The number of carbonyl (C=O) groups is 2. The number of hydrogen-bond donors (Lipinski definition) is 3. The van der Waals surface area contributed by atoms with Crippen molar-refractivity contribution in [1.82, 2.24) is 10.6 Å². The van der Waals surface area contributed by atoms with Crippen molar-refractivity contribution in [3.63, 3.8) is 0 Å². The number of rotatable bonds is 4. The Morgan fingerprint density at radius 3 is 2.74 bits per heavy atom. The predicted octanol–water partition coefficient (Wildman–Crippen LogP) is 1.89. The van der Waals surface area contributed by atoms with E-state index in [-0.39, 0.29) is 5.91 Å². The lowest BCUT2D eigenvalue weighted by atomic mass is 9.98. The van der Waals surface area contributed by atoms with E-state index in [0.29, 0.717) is 12.5 Å². The lowest BCUT2D eigenvalue weighted by Gasteiger charge is -2.35.